The van der Waals surface area contributed by atoms with Gasteiger partial charge in [0.2, 0.25) is 5.95 Å². The van der Waals surface area contributed by atoms with Gasteiger partial charge in [0, 0.05) is 11.9 Å². The molecule has 2 aromatic carbocycles. The number of carbonyl (C=O) groups excluding carboxylic acids is 1. The molecular formula is C18H14Cl2N4O. The molecule has 0 fully saturated rings. The van der Waals surface area contributed by atoms with Crippen LogP contribution in [0, 0.1) is 6.92 Å². The van der Waals surface area contributed by atoms with Gasteiger partial charge in [-0.05, 0) is 37.3 Å². The summed E-state index contributed by atoms with van der Waals surface area (Å²) in [5.74, 6) is -0.0767. The zero-order chi connectivity index (χ0) is 17.8. The molecule has 7 heteroatoms. The van der Waals surface area contributed by atoms with E-state index in [0.29, 0.717) is 21.4 Å². The van der Waals surface area contributed by atoms with E-state index >= 15 is 0 Å². The highest BCUT2D eigenvalue weighted by Crippen LogP contribution is 2.30. The van der Waals surface area contributed by atoms with Gasteiger partial charge in [-0.2, -0.15) is 0 Å². The van der Waals surface area contributed by atoms with E-state index in [4.69, 9.17) is 23.2 Å². The van der Waals surface area contributed by atoms with E-state index in [1.165, 1.54) is 12.3 Å². The Bertz CT molecular complexity index is 913. The largest absolute Gasteiger partial charge is 0.323 e. The van der Waals surface area contributed by atoms with Gasteiger partial charge in [-0.25, -0.2) is 9.97 Å². The molecule has 0 atom stereocenters. The standard InChI is InChI=1S/C18H14Cl2N4O/c1-11-5-7-12(8-6-11)22-17(25)15-9-10-21-18(24-15)23-14-4-2-3-13(19)16(14)20/h2-10H,1H3,(H,22,25)(H,21,23,24). The van der Waals surface area contributed by atoms with Crippen molar-refractivity contribution in [3.05, 3.63) is 76.0 Å². The van der Waals surface area contributed by atoms with Crippen molar-refractivity contribution >= 4 is 46.4 Å². The molecule has 0 radical (unpaired) electrons. The number of anilines is 3. The highest BCUT2D eigenvalue weighted by atomic mass is 35.5. The summed E-state index contributed by atoms with van der Waals surface area (Å²) in [4.78, 5) is 20.7. The summed E-state index contributed by atoms with van der Waals surface area (Å²) in [5, 5.41) is 6.53. The minimum atomic E-state index is -0.327. The van der Waals surface area contributed by atoms with Gasteiger partial charge >= 0.3 is 0 Å². The average molecular weight is 373 g/mol. The van der Waals surface area contributed by atoms with Gasteiger partial charge < -0.3 is 10.6 Å². The molecule has 0 aliphatic carbocycles. The highest BCUT2D eigenvalue weighted by molar-refractivity contribution is 6.43. The minimum absolute atomic E-state index is 0.233. The van der Waals surface area contributed by atoms with Gasteiger partial charge in [0.15, 0.2) is 0 Å². The first-order valence-corrected chi connectivity index (χ1v) is 8.20. The topological polar surface area (TPSA) is 66.9 Å². The van der Waals surface area contributed by atoms with Crippen molar-refractivity contribution in [3.8, 4) is 0 Å². The summed E-state index contributed by atoms with van der Waals surface area (Å²) in [6.07, 6.45) is 1.50. The molecule has 1 aromatic heterocycles. The van der Waals surface area contributed by atoms with E-state index in [-0.39, 0.29) is 17.5 Å². The second-order valence-electron chi connectivity index (χ2n) is 5.31. The molecule has 1 amide bonds. The molecule has 3 aromatic rings. The van der Waals surface area contributed by atoms with E-state index in [9.17, 15) is 4.79 Å². The number of hydrogen-bond donors (Lipinski definition) is 2. The summed E-state index contributed by atoms with van der Waals surface area (Å²) in [5.41, 5.74) is 2.60. The van der Waals surface area contributed by atoms with Gasteiger partial charge in [0.1, 0.15) is 5.69 Å². The van der Waals surface area contributed by atoms with Crippen molar-refractivity contribution in [2.45, 2.75) is 6.92 Å². The van der Waals surface area contributed by atoms with Gasteiger partial charge in [-0.1, -0.05) is 47.0 Å². The number of aryl methyl sites for hydroxylation is 1. The molecule has 2 N–H and O–H groups in total. The molecule has 0 saturated heterocycles. The SMILES string of the molecule is Cc1ccc(NC(=O)c2ccnc(Nc3cccc(Cl)c3Cl)n2)cc1. The lowest BCUT2D eigenvalue weighted by molar-refractivity contribution is 0.102. The van der Waals surface area contributed by atoms with E-state index < -0.39 is 0 Å². The second-order valence-corrected chi connectivity index (χ2v) is 6.10. The number of hydrogen-bond acceptors (Lipinski definition) is 4. The van der Waals surface area contributed by atoms with Crippen LogP contribution in [0.4, 0.5) is 17.3 Å². The van der Waals surface area contributed by atoms with Crippen LogP contribution in [0.1, 0.15) is 16.1 Å². The lowest BCUT2D eigenvalue weighted by atomic mass is 10.2. The van der Waals surface area contributed by atoms with Crippen molar-refractivity contribution in [2.75, 3.05) is 10.6 Å². The van der Waals surface area contributed by atoms with E-state index in [2.05, 4.69) is 20.6 Å². The average Bonchev–Trinajstić information content (AvgIpc) is 2.61. The fraction of sp³-hybridized carbons (Fsp3) is 0.0556. The fourth-order valence-corrected chi connectivity index (χ4v) is 2.45. The zero-order valence-electron chi connectivity index (χ0n) is 13.3. The van der Waals surface area contributed by atoms with E-state index in [1.54, 1.807) is 18.2 Å². The molecule has 5 nitrogen and oxygen atoms in total. The molecule has 3 rings (SSSR count). The number of aromatic nitrogens is 2. The predicted octanol–water partition coefficient (Wildman–Crippen LogP) is 5.09. The van der Waals surface area contributed by atoms with Crippen LogP contribution in [0.5, 0.6) is 0 Å². The number of nitrogens with zero attached hydrogens (tertiary/aromatic N) is 2. The Morgan fingerprint density at radius 3 is 2.56 bits per heavy atom. The zero-order valence-corrected chi connectivity index (χ0v) is 14.8. The third kappa shape index (κ3) is 4.26. The number of amides is 1. The fourth-order valence-electron chi connectivity index (χ4n) is 2.10. The molecule has 0 spiro atoms. The third-order valence-corrected chi connectivity index (χ3v) is 4.21. The van der Waals surface area contributed by atoms with Crippen LogP contribution in [0.15, 0.2) is 54.7 Å². The predicted molar refractivity (Wildman–Crippen MR) is 101 cm³/mol. The number of benzene rings is 2. The summed E-state index contributed by atoms with van der Waals surface area (Å²) in [6.45, 7) is 1.98. The van der Waals surface area contributed by atoms with Crippen molar-refractivity contribution < 1.29 is 4.79 Å². The van der Waals surface area contributed by atoms with E-state index in [0.717, 1.165) is 5.56 Å². The number of carbonyl (C=O) groups is 1. The maximum atomic E-state index is 12.3. The molecule has 0 aliphatic heterocycles. The van der Waals surface area contributed by atoms with Gasteiger partial charge in [-0.3, -0.25) is 4.79 Å². The molecule has 0 bridgehead atoms. The van der Waals surface area contributed by atoms with Crippen LogP contribution in [0.2, 0.25) is 10.0 Å². The van der Waals surface area contributed by atoms with Crippen molar-refractivity contribution in [1.29, 1.82) is 0 Å². The summed E-state index contributed by atoms with van der Waals surface area (Å²) < 4.78 is 0. The molecule has 25 heavy (non-hydrogen) atoms. The van der Waals surface area contributed by atoms with Crippen LogP contribution in [-0.4, -0.2) is 15.9 Å². The Labute approximate surface area is 155 Å². The number of rotatable bonds is 4. The third-order valence-electron chi connectivity index (χ3n) is 3.40. The van der Waals surface area contributed by atoms with Gasteiger partial charge in [0.25, 0.3) is 5.91 Å². The Morgan fingerprint density at radius 1 is 1.04 bits per heavy atom. The highest BCUT2D eigenvalue weighted by Gasteiger charge is 2.11. The molecule has 0 unspecified atom stereocenters. The van der Waals surface area contributed by atoms with Gasteiger partial charge in [-0.15, -0.1) is 0 Å². The molecule has 1 heterocycles. The quantitative estimate of drug-likeness (QED) is 0.669. The van der Waals surface area contributed by atoms with Crippen molar-refractivity contribution in [2.24, 2.45) is 0 Å². The summed E-state index contributed by atoms with van der Waals surface area (Å²) >= 11 is 12.1. The lowest BCUT2D eigenvalue weighted by Gasteiger charge is -2.09. The Kier molecular flexibility index (Phi) is 5.16. The summed E-state index contributed by atoms with van der Waals surface area (Å²) in [7, 11) is 0. The maximum absolute atomic E-state index is 12.3. The van der Waals surface area contributed by atoms with Crippen LogP contribution in [-0.2, 0) is 0 Å². The smallest absolute Gasteiger partial charge is 0.274 e. The van der Waals surface area contributed by atoms with E-state index in [1.807, 2.05) is 31.2 Å². The second kappa shape index (κ2) is 7.51. The molecule has 0 aliphatic rings. The maximum Gasteiger partial charge on any atom is 0.274 e. The van der Waals surface area contributed by atoms with Crippen molar-refractivity contribution in [1.82, 2.24) is 9.97 Å². The lowest BCUT2D eigenvalue weighted by Crippen LogP contribution is -2.14. The molecule has 0 saturated carbocycles. The molecular weight excluding hydrogens is 359 g/mol. The Balaban J connectivity index is 1.77. The van der Waals surface area contributed by atoms with Gasteiger partial charge in [0.05, 0.1) is 15.7 Å². The van der Waals surface area contributed by atoms with Crippen LogP contribution >= 0.6 is 23.2 Å². The molecule has 126 valence electrons. The Morgan fingerprint density at radius 2 is 1.80 bits per heavy atom. The number of nitrogens with one attached hydrogen (secondary N) is 2. The first kappa shape index (κ1) is 17.2. The summed E-state index contributed by atoms with van der Waals surface area (Å²) in [6, 6.07) is 14.2. The van der Waals surface area contributed by atoms with Crippen molar-refractivity contribution in [3.63, 3.8) is 0 Å². The van der Waals surface area contributed by atoms with Crippen LogP contribution in [0.25, 0.3) is 0 Å². The Hall–Kier alpha value is -2.63. The minimum Gasteiger partial charge on any atom is -0.323 e. The van der Waals surface area contributed by atoms with Crippen LogP contribution < -0.4 is 10.6 Å². The first-order chi connectivity index (χ1) is 12.0. The monoisotopic (exact) mass is 372 g/mol. The van der Waals surface area contributed by atoms with Crippen LogP contribution in [0.3, 0.4) is 0 Å². The normalized spacial score (nSPS) is 10.4. The number of halogens is 2. The first-order valence-electron chi connectivity index (χ1n) is 7.45.